The Morgan fingerprint density at radius 1 is 1.35 bits per heavy atom. The number of rotatable bonds is 5. The molecule has 0 aliphatic carbocycles. The Bertz CT molecular complexity index is 394. The Morgan fingerprint density at radius 3 is 2.65 bits per heavy atom. The minimum Gasteiger partial charge on any atom is -0.322 e. The van der Waals surface area contributed by atoms with Crippen LogP contribution in [0.15, 0.2) is 18.2 Å². The standard InChI is InChI=1S/C12H16F2N2O/c1-8(2)6-15-7-12(17)16-11-4-3-9(13)5-10(11)14/h3-5,8,15H,6-7H2,1-2H3,(H,16,17). The Morgan fingerprint density at radius 2 is 2.06 bits per heavy atom. The molecule has 94 valence electrons. The van der Waals surface area contributed by atoms with Gasteiger partial charge in [0, 0.05) is 6.07 Å². The number of anilines is 1. The van der Waals surface area contributed by atoms with E-state index in [0.29, 0.717) is 12.5 Å². The Labute approximate surface area is 99.2 Å². The number of nitrogens with one attached hydrogen (secondary N) is 2. The van der Waals surface area contributed by atoms with Crippen molar-refractivity contribution in [2.24, 2.45) is 5.92 Å². The number of carbonyl (C=O) groups is 1. The molecule has 0 aromatic heterocycles. The van der Waals surface area contributed by atoms with E-state index < -0.39 is 11.6 Å². The zero-order valence-corrected chi connectivity index (χ0v) is 9.89. The highest BCUT2D eigenvalue weighted by Gasteiger charge is 2.07. The highest BCUT2D eigenvalue weighted by atomic mass is 19.1. The Balaban J connectivity index is 2.45. The van der Waals surface area contributed by atoms with Gasteiger partial charge in [-0.1, -0.05) is 13.8 Å². The van der Waals surface area contributed by atoms with Crippen LogP contribution < -0.4 is 10.6 Å². The Kier molecular flexibility index (Phi) is 5.03. The van der Waals surface area contributed by atoms with Crippen molar-refractivity contribution in [2.45, 2.75) is 13.8 Å². The molecule has 0 radical (unpaired) electrons. The van der Waals surface area contributed by atoms with Crippen LogP contribution in [0.3, 0.4) is 0 Å². The average Bonchev–Trinajstić information content (AvgIpc) is 2.21. The summed E-state index contributed by atoms with van der Waals surface area (Å²) in [6.45, 7) is 4.85. The van der Waals surface area contributed by atoms with Gasteiger partial charge in [-0.25, -0.2) is 8.78 Å². The van der Waals surface area contributed by atoms with Crippen molar-refractivity contribution in [1.82, 2.24) is 5.32 Å². The van der Waals surface area contributed by atoms with E-state index in [-0.39, 0.29) is 18.1 Å². The van der Waals surface area contributed by atoms with Crippen LogP contribution in [0.4, 0.5) is 14.5 Å². The van der Waals surface area contributed by atoms with Crippen LogP contribution in [0.1, 0.15) is 13.8 Å². The molecule has 0 bridgehead atoms. The summed E-state index contributed by atoms with van der Waals surface area (Å²) in [6, 6.07) is 3.03. The van der Waals surface area contributed by atoms with Crippen LogP contribution in [0.5, 0.6) is 0 Å². The molecule has 1 aromatic rings. The zero-order chi connectivity index (χ0) is 12.8. The molecule has 0 heterocycles. The van der Waals surface area contributed by atoms with Crippen LogP contribution in [0.2, 0.25) is 0 Å². The molecular formula is C12H16F2N2O. The maximum Gasteiger partial charge on any atom is 0.238 e. The van der Waals surface area contributed by atoms with E-state index >= 15 is 0 Å². The first-order valence-corrected chi connectivity index (χ1v) is 5.44. The van der Waals surface area contributed by atoms with Gasteiger partial charge in [0.25, 0.3) is 0 Å². The first-order valence-electron chi connectivity index (χ1n) is 5.44. The molecule has 1 rings (SSSR count). The van der Waals surface area contributed by atoms with Gasteiger partial charge in [0.15, 0.2) is 0 Å². The molecule has 0 saturated carbocycles. The third-order valence-corrected chi connectivity index (χ3v) is 2.04. The summed E-state index contributed by atoms with van der Waals surface area (Å²) >= 11 is 0. The van der Waals surface area contributed by atoms with E-state index in [1.807, 2.05) is 13.8 Å². The predicted molar refractivity (Wildman–Crippen MR) is 62.7 cm³/mol. The SMILES string of the molecule is CC(C)CNCC(=O)Nc1ccc(F)cc1F. The van der Waals surface area contributed by atoms with E-state index in [4.69, 9.17) is 0 Å². The van der Waals surface area contributed by atoms with E-state index in [1.54, 1.807) is 0 Å². The normalized spacial score (nSPS) is 10.6. The lowest BCUT2D eigenvalue weighted by atomic mass is 10.2. The van der Waals surface area contributed by atoms with Crippen LogP contribution in [0.25, 0.3) is 0 Å². The molecule has 0 unspecified atom stereocenters. The number of amides is 1. The van der Waals surface area contributed by atoms with E-state index in [9.17, 15) is 13.6 Å². The highest BCUT2D eigenvalue weighted by Crippen LogP contribution is 2.14. The summed E-state index contributed by atoms with van der Waals surface area (Å²) in [7, 11) is 0. The van der Waals surface area contributed by atoms with Gasteiger partial charge in [-0.05, 0) is 24.6 Å². The maximum atomic E-state index is 13.2. The van der Waals surface area contributed by atoms with Crippen LogP contribution in [-0.4, -0.2) is 19.0 Å². The highest BCUT2D eigenvalue weighted by molar-refractivity contribution is 5.92. The summed E-state index contributed by atoms with van der Waals surface area (Å²) in [4.78, 5) is 11.4. The molecule has 3 nitrogen and oxygen atoms in total. The van der Waals surface area contributed by atoms with Crippen molar-refractivity contribution in [3.05, 3.63) is 29.8 Å². The molecule has 0 atom stereocenters. The first-order chi connectivity index (χ1) is 7.99. The third-order valence-electron chi connectivity index (χ3n) is 2.04. The summed E-state index contributed by atoms with van der Waals surface area (Å²) in [5, 5.41) is 5.30. The fourth-order valence-corrected chi connectivity index (χ4v) is 1.26. The number of halogens is 2. The third kappa shape index (κ3) is 4.91. The van der Waals surface area contributed by atoms with Crippen molar-refractivity contribution in [3.8, 4) is 0 Å². The minimum absolute atomic E-state index is 0.0113. The van der Waals surface area contributed by atoms with Crippen molar-refractivity contribution < 1.29 is 13.6 Å². The quantitative estimate of drug-likeness (QED) is 0.830. The average molecular weight is 242 g/mol. The van der Waals surface area contributed by atoms with E-state index in [0.717, 1.165) is 12.1 Å². The van der Waals surface area contributed by atoms with E-state index in [2.05, 4.69) is 10.6 Å². The summed E-state index contributed by atoms with van der Waals surface area (Å²) in [5.41, 5.74) is -0.0113. The smallest absolute Gasteiger partial charge is 0.238 e. The molecule has 17 heavy (non-hydrogen) atoms. The molecule has 1 aromatic carbocycles. The van der Waals surface area contributed by atoms with Gasteiger partial charge in [-0.2, -0.15) is 0 Å². The fraction of sp³-hybridized carbons (Fsp3) is 0.417. The number of hydrogen-bond donors (Lipinski definition) is 2. The molecule has 0 aliphatic rings. The summed E-state index contributed by atoms with van der Waals surface area (Å²) < 4.78 is 25.8. The van der Waals surface area contributed by atoms with Crippen LogP contribution in [0, 0.1) is 17.6 Å². The molecule has 0 fully saturated rings. The van der Waals surface area contributed by atoms with Gasteiger partial charge in [-0.3, -0.25) is 4.79 Å². The zero-order valence-electron chi connectivity index (χ0n) is 9.89. The lowest BCUT2D eigenvalue weighted by Crippen LogP contribution is -2.30. The molecular weight excluding hydrogens is 226 g/mol. The maximum absolute atomic E-state index is 13.2. The number of hydrogen-bond acceptors (Lipinski definition) is 2. The molecule has 5 heteroatoms. The fourth-order valence-electron chi connectivity index (χ4n) is 1.26. The molecule has 0 aliphatic heterocycles. The van der Waals surface area contributed by atoms with Gasteiger partial charge in [0.05, 0.1) is 12.2 Å². The topological polar surface area (TPSA) is 41.1 Å². The Hall–Kier alpha value is -1.49. The second-order valence-electron chi connectivity index (χ2n) is 4.20. The largest absolute Gasteiger partial charge is 0.322 e. The second-order valence-corrected chi connectivity index (χ2v) is 4.20. The van der Waals surface area contributed by atoms with Gasteiger partial charge < -0.3 is 10.6 Å². The van der Waals surface area contributed by atoms with Gasteiger partial charge in [-0.15, -0.1) is 0 Å². The van der Waals surface area contributed by atoms with Gasteiger partial charge in [0.1, 0.15) is 11.6 Å². The summed E-state index contributed by atoms with van der Waals surface area (Å²) in [5.74, 6) is -1.36. The molecule has 1 amide bonds. The van der Waals surface area contributed by atoms with Crippen molar-refractivity contribution in [1.29, 1.82) is 0 Å². The molecule has 2 N–H and O–H groups in total. The van der Waals surface area contributed by atoms with Gasteiger partial charge in [0.2, 0.25) is 5.91 Å². The molecule has 0 spiro atoms. The number of carbonyl (C=O) groups excluding carboxylic acids is 1. The van der Waals surface area contributed by atoms with E-state index in [1.165, 1.54) is 6.07 Å². The second kappa shape index (κ2) is 6.30. The van der Waals surface area contributed by atoms with Crippen LogP contribution >= 0.6 is 0 Å². The monoisotopic (exact) mass is 242 g/mol. The van der Waals surface area contributed by atoms with Crippen molar-refractivity contribution in [2.75, 3.05) is 18.4 Å². The minimum atomic E-state index is -0.776. The molecule has 0 saturated heterocycles. The lowest BCUT2D eigenvalue weighted by molar-refractivity contribution is -0.115. The summed E-state index contributed by atoms with van der Waals surface area (Å²) in [6.07, 6.45) is 0. The lowest BCUT2D eigenvalue weighted by Gasteiger charge is -2.08. The van der Waals surface area contributed by atoms with Crippen molar-refractivity contribution >= 4 is 11.6 Å². The van der Waals surface area contributed by atoms with Crippen LogP contribution in [-0.2, 0) is 4.79 Å². The van der Waals surface area contributed by atoms with Crippen molar-refractivity contribution in [3.63, 3.8) is 0 Å². The first kappa shape index (κ1) is 13.6. The van der Waals surface area contributed by atoms with Gasteiger partial charge >= 0.3 is 0 Å². The predicted octanol–water partition coefficient (Wildman–Crippen LogP) is 2.15. The number of benzene rings is 1.